The van der Waals surface area contributed by atoms with Gasteiger partial charge in [-0.05, 0) is 328 Å². The second-order valence-corrected chi connectivity index (χ2v) is 57.6. The predicted molar refractivity (Wildman–Crippen MR) is 914 cm³/mol. The molecule has 0 aliphatic heterocycles. The number of ketones is 2. The molecule has 0 heterocycles. The van der Waals surface area contributed by atoms with E-state index in [0.29, 0.717) is 78.3 Å². The molecule has 6 saturated carbocycles. The number of terminal acetylenes is 1. The smallest absolute Gasteiger partial charge is 0.373 e. The maximum absolute atomic E-state index is 12.3. The van der Waals surface area contributed by atoms with Crippen molar-refractivity contribution in [1.29, 1.82) is 5.26 Å². The number of nitriles is 1. The fourth-order valence-electron chi connectivity index (χ4n) is 29.7. The van der Waals surface area contributed by atoms with Crippen molar-refractivity contribution >= 4 is 58.5 Å². The number of aliphatic hydroxyl groups is 3. The van der Waals surface area contributed by atoms with Gasteiger partial charge in [-0.3, -0.25) is 9.59 Å². The number of rotatable bonds is 20. The van der Waals surface area contributed by atoms with E-state index < -0.39 is 21.6 Å². The molecular formula is C124H507N2O15PdSi2-. The average molecular weight is 2740 g/mol. The van der Waals surface area contributed by atoms with E-state index in [1.165, 1.54) is 164 Å². The Kier molecular flexibility index (Phi) is 13.0. The maximum atomic E-state index is 12.3. The van der Waals surface area contributed by atoms with Crippen molar-refractivity contribution in [3.63, 3.8) is 0 Å². The van der Waals surface area contributed by atoms with Crippen LogP contribution in [0.2, 0.25) is 39.3 Å². The molecule has 0 saturated heterocycles. The number of nitrogens with zero attached hydrogens (tertiary/aromatic N) is 2. The van der Waals surface area contributed by atoms with Gasteiger partial charge < -0.3 is 27.6 Å². The zero-order valence-electron chi connectivity index (χ0n) is 402. The van der Waals surface area contributed by atoms with Crippen molar-refractivity contribution in [2.75, 3.05) is 26.4 Å². The maximum Gasteiger partial charge on any atom is 0.373 e. The monoisotopic (exact) mass is 2740 g/mol. The Hall–Kier alpha value is -7.46. The molecular weight excluding hydrogens is 1920 g/mol. The van der Waals surface area contributed by atoms with E-state index in [4.69, 9.17) is 518 Å². The molecule has 12 aliphatic carbocycles. The molecule has 0 unspecified atom stereocenters. The van der Waals surface area contributed by atoms with E-state index in [-0.39, 0.29) is 137 Å². The van der Waals surface area contributed by atoms with Crippen LogP contribution in [0.5, 0.6) is 0 Å². The summed E-state index contributed by atoms with van der Waals surface area (Å²) in [7, 11) is -2.73. The molecule has 1122 valence electrons. The summed E-state index contributed by atoms with van der Waals surface area (Å²) in [5.74, 6) is 17.3. The molecule has 0 spiro atoms. The van der Waals surface area contributed by atoms with Crippen LogP contribution in [0.3, 0.4) is 0 Å². The Morgan fingerprint density at radius 3 is 1.10 bits per heavy atom. The van der Waals surface area contributed by atoms with E-state index in [1.54, 1.807) is 28.9 Å². The van der Waals surface area contributed by atoms with Gasteiger partial charge in [0.1, 0.15) is 22.2 Å². The van der Waals surface area contributed by atoms with Crippen molar-refractivity contribution in [1.82, 2.24) is 0 Å². The molecule has 17 nitrogen and oxygen atoms in total. The number of carbonyl (C=O) groups is 2. The van der Waals surface area contributed by atoms with Crippen molar-refractivity contribution < 1.29 is 555 Å². The Balaban J connectivity index is -0.0000000126. The summed E-state index contributed by atoms with van der Waals surface area (Å²) in [5, 5.41) is 39.3. The Morgan fingerprint density at radius 2 is 0.771 bits per heavy atom. The Bertz CT molecular complexity index is 5190. The standard InChI is InChI=1S/C22H36OSi.C22H38Si.C20H25NO.C18H27NO.C18H32O.C17H28O.5CO2.CH4.CH3.Pd.157H2/c1-8-11-21(4)19(17(2)3)10-13-22(14-15-24(5,6)7)12-9-18(23)16-20(21)22;1-8-13-21(4)19(18(2)3)12-15-22(16-17-23(5,6)7)14-10-9-11-20(21)22;1-6-9-19(5)16(14(3)4)8-10-20(7-2)12-15(13-21)17(22)11-18(19)20;1-14(2)15-8-10-18(13-20)9-6-5-7-16(18)17(15,3)11-12-19-4;1-5-10-17(4)15(14(2)3)9-12-18(13-19)11-7-6-8-16(17)18;1-5-16(4)14(13(2)3)9-11-17(12-18)10-7-6-8-15(16)17;5*2-1-3;;;;;;;;;;;;;;;;;;;;;;;;;;;;;;;;;;;;;;;;;;;;;;;;;;;;;;;;;;;;;;;;;;;;;;;;;;;;;;;;;;;;;;;;;;;;;;;;;;;;;;;;;;;;;;;;;;;;;;;;;;;;;;;;;;;;;;;;;;;;;;;;;;;;;;;;;;;;;;;;/h16-17,19H,8-13H2,1-7H3;11,18-19H,8-10,12-15H2,1-7H3;2,11-12,14,16H,6,8-10H2,1,3-5H3;7,15,20H,1,5-6,8-13H2,2-3H3;8,14-15,19H,5-7,9-13H2,1-4H3;8,14,18H,2,5-7,9-12H2,1,3-4H3;;;;;;1H4;1H3;;157*1H/q;;;;;;;;;;;;-1;;;;;;;;;;;;;;;;;;;;;;;;;;;;;;;;;;;;;;;;;;;;;;;;;;;;;;;;;;;;;;;;;;;;;;;;;;;;;;;;;;;;;;;;;;;;;;;;;;;;;;;;;;;;;;;;;;;;;;;;;;;;;;;;;;;;;;;;;;;;;;;;;;;;;;;;;;;;;;/t2*19-,21-,22+;16-,19-,20-;2*15-,17-,18+;14-,16-,17+;;;;;;;;;;;;;;;;;;;;;;;;;;;;;;;;;;;;;;;;;;;;;;;;;;;;;;;;;;;;;;;;;;;;;;;;;;;;;;;;;;;;;;;;;;;;;;;;;;;;;;;;;;;;;;;;;;;;;;;;;;;;;;;;;;;;;;;;;;;;;;;;;;;;;;;;;;;;;;;;;;;;;/m000000...................................................................................................................................................................../s1/i;;;;;;;;;;;;;;154*1+1D;3*1+1. The number of hydrogen-bond donors (Lipinski definition) is 3. The Labute approximate surface area is 1370 Å². The summed E-state index contributed by atoms with van der Waals surface area (Å²) >= 11 is 0. The third-order valence-corrected chi connectivity index (χ3v) is 37.3. The van der Waals surface area contributed by atoms with Crippen LogP contribution in [0, 0.1) is 185 Å². The third kappa shape index (κ3) is 33.5. The molecule has 0 aromatic heterocycles. The van der Waals surface area contributed by atoms with Crippen molar-refractivity contribution in [2.45, 2.75) is 423 Å². The summed E-state index contributed by atoms with van der Waals surface area (Å²) in [6.45, 7) is 80.2. The van der Waals surface area contributed by atoms with Gasteiger partial charge in [-0.25, -0.2) is 6.57 Å². The normalized spacial score (nSPS) is 40.4. The molecule has 12 rings (SSSR count). The van der Waals surface area contributed by atoms with Crippen LogP contribution in [0.1, 0.15) is 846 Å². The van der Waals surface area contributed by atoms with Crippen LogP contribution < -0.4 is 0 Å². The molecule has 0 bridgehead atoms. The van der Waals surface area contributed by atoms with Gasteiger partial charge in [0.05, 0.1) is 41.6 Å². The zero-order chi connectivity index (χ0) is 416. The largest absolute Gasteiger partial charge is 0.395 e. The molecule has 6 fully saturated rings. The molecule has 0 amide bonds. The van der Waals surface area contributed by atoms with Gasteiger partial charge in [0.2, 0.25) is 6.54 Å². The summed E-state index contributed by atoms with van der Waals surface area (Å²) in [5.41, 5.74) is 19.8. The minimum absolute atomic E-state index is 0. The number of allylic oxidation sites excluding steroid dienone is 13. The van der Waals surface area contributed by atoms with Gasteiger partial charge in [-0.15, -0.1) is 17.5 Å². The van der Waals surface area contributed by atoms with E-state index >= 15 is 0 Å². The SMILES string of the molecule is C.C#C[C@]12C=C(C#N)C(=O)C=C1[C@@](C)(CCC)[C@H](C(C)C)CC2.C=C(C)[C@@H]1CC[C@@]2(CO)CCCC=C2[C@@]1(C)CC.CCC[C@]1(C)C2=CC(=O)CC[C@]2(C#C[Si](C)(C)C)CC[C@H]1C(C)C.CCC[C@]1(C)C2=CCCC[C@]2(C#C[Si](C)(C)C)CC[C@H]1C(C)C.CCC[C@]1(C)C2=CCCC[C@]2(CO)CC[C@H]1C(C)C.O=C=O.O=C=O.O=C=O.O=C=O.O=C=O.[2HH].[2HH].[2HH].[2H][2H].[2H][2H].[2H][2H].[2H][2H].[2H][2H].[2H][2H].[2H][2H].[2H][2H].[2H][2H].[2H][2H].[2H][2H].[2H][2H].[2H][2H].[2H][2H].[2H][2H].[2H][2H].[2H][2H].[2H][2H].[2H][2H].[2H][2H].[2H][2H].[2H][2H].[2H][2H].[2H][2H].[2H][2H].[2H][2H].[2H][2H].[2H][2H].[2H][2H].[2H][2H].[2H][2H].[2H][2H].[2H][2H].[2H][2H].[2H][2H].[2H][2H].[2H][2H].[2H][2H].[2H][2H].[2H][2H].[2H][2H].[2H][2H].[2H][2H].[2H][2H].[2H][2H].[2H][2H].[2H][2H].[2H][2H].[2H][2H].[2H][2H].[2H][2H].[2H][2H].[2H][2H].[2H][2H].[2H][2H].[2H][2H].[2H][2H].[2H][2H].[2H][2H].[2H][2H].[2H][2H].[2H][2H].[2H][2H].[2H][2H].[2H][2H].[2H][2H].[2H][2H].[2H][2H].[2H][2H].[2H][2H].[2H][2H].[2H][2H].[2H][2H].[2H][2H].[2H][2H].[2H][2H].[2H][2H].[2H][2H].[2H][2H].[2H][2H].[2H][2H].[2H][2H].[2H][2H].[2H][2H].[2H][2H].[2H][2H].[2H][2H].[2H][2H].[2H][2H].[2H][2H].[2H][2H].[2H][2H].[2H][2H].[2H][2H].[2H][2H].[2H][2H].[2H][2H].[2H][2H].[2H][2H].[2H][2H].[2H][2H].[2H][2H].[2H][2H].[2H][2H].[2H][2H].[2H][2H].[2H][2H].[2H][2H].[2H][2H].[2H][2H].[2H][2H].[2H][2H].[2H][2H].[2H][2H].[2H][2H].[2H][2H].[2H][2H].[2H][2H].[2H][2H].[2H][2H].[2H][2H].[2H][2H].[2H][2H].[2H][2H].[2H][2H].[2H][2H].[2H][2H].[2H][2H].[2H][2H].[2H][2H].[2H][2H].[2H][2H].[2H][2H].[2H][2H].[2H][2H].[2H][2H].[2H][2H].[2H][2H].[2H][2H].[2H][2H].[2H][2H].[2H][2H].[2H][2H].[2H][2H].[2H][2H].[2H][2H].[2H][2H].[2H][2H].[2H][2H].[2H][2H].[2H][2H].[2H][2H].[2H][2H].[2H][2H].[C-]#[N+]CC[C@]1(C)C2=CCCC[C@]2(CO)CC[C@H]1C(=C)C.[CH3-].[Pd]. The molecule has 3 N–H and O–H groups in total. The van der Waals surface area contributed by atoms with Gasteiger partial charge >= 0.3 is 30.8 Å². The van der Waals surface area contributed by atoms with Gasteiger partial charge in [-0.1, -0.05) is 287 Å². The first-order valence-electron chi connectivity index (χ1n) is 208. The summed E-state index contributed by atoms with van der Waals surface area (Å²) in [4.78, 5) is 109. The van der Waals surface area contributed by atoms with E-state index in [1.807, 2.05) is 12.1 Å². The van der Waals surface area contributed by atoms with Crippen LogP contribution in [-0.2, 0) is 78.0 Å². The predicted octanol–water partition coefficient (Wildman–Crippen LogP) is 67.9. The van der Waals surface area contributed by atoms with Crippen molar-refractivity contribution in [2.24, 2.45) is 124 Å². The topological polar surface area (TPSA) is 294 Å². The average Bonchev–Trinajstić information content (AvgIpc) is 0.717. The fraction of sp³-hybridized carbons (Fsp3) is 0.726. The van der Waals surface area contributed by atoms with Crippen LogP contribution in [0.15, 0.2) is 106 Å². The summed E-state index contributed by atoms with van der Waals surface area (Å²) in [6.07, 6.45) is 64.3. The third-order valence-electron chi connectivity index (χ3n) is 35.5. The minimum atomic E-state index is -1.42. The first-order chi connectivity index (χ1) is 220. The first kappa shape index (κ1) is 30.1. The first-order valence-corrected chi connectivity index (χ1v) is 60.6. The van der Waals surface area contributed by atoms with Gasteiger partial charge in [0, 0.05) is 517 Å². The fourth-order valence-corrected chi connectivity index (χ4v) is 30.9. The molecule has 0 aromatic carbocycles. The quantitative estimate of drug-likeness (QED) is 0.0442. The molecule has 0 radical (unpaired) electrons. The zero-order valence-corrected chi connectivity index (χ0v) is 97.6. The van der Waals surface area contributed by atoms with E-state index in [2.05, 4.69) is 256 Å². The van der Waals surface area contributed by atoms with Crippen LogP contribution in [0.25, 0.3) is 4.85 Å². The minimum Gasteiger partial charge on any atom is -0.395 e. The van der Waals surface area contributed by atoms with E-state index in [9.17, 15) is 30.2 Å². The van der Waals surface area contributed by atoms with Gasteiger partial charge in [-0.2, -0.15) is 53.2 Å². The molecule has 18 atom stereocenters. The number of aliphatic hydroxyl groups excluding tert-OH is 3. The van der Waals surface area contributed by atoms with Crippen LogP contribution >= 0.6 is 0 Å². The van der Waals surface area contributed by atoms with Crippen LogP contribution in [0.4, 0.5) is 0 Å². The molecule has 144 heavy (non-hydrogen) atoms. The molecule has 0 aromatic rings. The van der Waals surface area contributed by atoms with Gasteiger partial charge in [0.15, 0.2) is 11.6 Å². The van der Waals surface area contributed by atoms with E-state index in [0.717, 1.165) is 113 Å². The Morgan fingerprint density at radius 1 is 0.465 bits per heavy atom. The van der Waals surface area contributed by atoms with Crippen molar-refractivity contribution in [3.05, 3.63) is 125 Å². The summed E-state index contributed by atoms with van der Waals surface area (Å²) < 4.78 is 1540. The van der Waals surface area contributed by atoms with Gasteiger partial charge in [0.25, 0.3) is 0 Å². The molecule has 12 aliphatic rings. The van der Waals surface area contributed by atoms with Crippen LogP contribution in [-0.4, -0.2) is 100 Å². The van der Waals surface area contributed by atoms with Crippen molar-refractivity contribution in [3.8, 4) is 41.3 Å². The molecule has 20 heteroatoms. The number of fused-ring (bicyclic) bond motifs is 6. The second kappa shape index (κ2) is 62.2. The second-order valence-electron chi connectivity index (χ2n) is 48.1. The number of carbonyl (C=O) groups excluding carboxylic acids is 12. The summed E-state index contributed by atoms with van der Waals surface area (Å²) in [6, 6.07) is 2.01. The number of hydrogen-bond acceptors (Lipinski definition) is 16.